The minimum absolute atomic E-state index is 0.224. The zero-order valence-corrected chi connectivity index (χ0v) is 20.6. The first-order valence-corrected chi connectivity index (χ1v) is 11.2. The van der Waals surface area contributed by atoms with Crippen molar-refractivity contribution in [2.24, 2.45) is 14.1 Å². The molecule has 2 N–H and O–H groups in total. The number of carbonyl (C=O) groups excluding carboxylic acids is 2. The van der Waals surface area contributed by atoms with Crippen molar-refractivity contribution in [2.75, 3.05) is 10.6 Å². The highest BCUT2D eigenvalue weighted by Crippen LogP contribution is 2.26. The average molecular weight is 493 g/mol. The normalized spacial score (nSPS) is 10.8. The van der Waals surface area contributed by atoms with Crippen LogP contribution in [0.3, 0.4) is 0 Å². The number of carbonyl (C=O) groups is 2. The van der Waals surface area contributed by atoms with E-state index >= 15 is 0 Å². The Morgan fingerprint density at radius 2 is 1.57 bits per heavy atom. The van der Waals surface area contributed by atoms with E-state index in [0.29, 0.717) is 34.3 Å². The van der Waals surface area contributed by atoms with E-state index < -0.39 is 5.91 Å². The molecule has 0 saturated heterocycles. The Labute approximate surface area is 207 Å². The van der Waals surface area contributed by atoms with Gasteiger partial charge in [-0.1, -0.05) is 29.8 Å². The van der Waals surface area contributed by atoms with Crippen molar-refractivity contribution in [3.63, 3.8) is 0 Å². The minimum atomic E-state index is -0.404. The number of rotatable bonds is 7. The molecule has 4 rings (SSSR count). The zero-order chi connectivity index (χ0) is 25.1. The zero-order valence-electron chi connectivity index (χ0n) is 19.8. The molecule has 35 heavy (non-hydrogen) atoms. The van der Waals surface area contributed by atoms with Crippen molar-refractivity contribution in [2.45, 2.75) is 20.5 Å². The number of hydrogen-bond donors (Lipinski definition) is 2. The quantitative estimate of drug-likeness (QED) is 0.395. The van der Waals surface area contributed by atoms with Crippen molar-refractivity contribution >= 4 is 34.8 Å². The smallest absolute Gasteiger partial charge is 0.276 e. The predicted octanol–water partition coefficient (Wildman–Crippen LogP) is 4.51. The number of anilines is 2. The summed E-state index contributed by atoms with van der Waals surface area (Å²) in [6, 6.07) is 12.6. The maximum absolute atomic E-state index is 12.9. The lowest BCUT2D eigenvalue weighted by molar-refractivity contribution is 0.101. The van der Waals surface area contributed by atoms with Gasteiger partial charge in [0.25, 0.3) is 11.8 Å². The summed E-state index contributed by atoms with van der Waals surface area (Å²) in [5.74, 6) is -0.158. The van der Waals surface area contributed by atoms with Gasteiger partial charge in [-0.05, 0) is 49.2 Å². The highest BCUT2D eigenvalue weighted by molar-refractivity contribution is 6.32. The monoisotopic (exact) mass is 492 g/mol. The first kappa shape index (κ1) is 24.0. The first-order valence-electron chi connectivity index (χ1n) is 10.8. The fourth-order valence-electron chi connectivity index (χ4n) is 3.43. The van der Waals surface area contributed by atoms with Gasteiger partial charge in [-0.2, -0.15) is 10.2 Å². The van der Waals surface area contributed by atoms with E-state index in [1.165, 1.54) is 10.9 Å². The van der Waals surface area contributed by atoms with Crippen LogP contribution in [0.25, 0.3) is 0 Å². The summed E-state index contributed by atoms with van der Waals surface area (Å²) in [5, 5.41) is 14.4. The number of aromatic nitrogens is 4. The van der Waals surface area contributed by atoms with Gasteiger partial charge >= 0.3 is 0 Å². The molecule has 0 aliphatic carbocycles. The third-order valence-corrected chi connectivity index (χ3v) is 5.89. The Kier molecular flexibility index (Phi) is 6.88. The number of amides is 2. The van der Waals surface area contributed by atoms with Gasteiger partial charge in [0.15, 0.2) is 0 Å². The van der Waals surface area contributed by atoms with Crippen molar-refractivity contribution in [1.82, 2.24) is 19.6 Å². The Morgan fingerprint density at radius 3 is 2.26 bits per heavy atom. The molecule has 0 aliphatic heterocycles. The van der Waals surface area contributed by atoms with Crippen molar-refractivity contribution in [1.29, 1.82) is 0 Å². The molecule has 0 saturated carbocycles. The van der Waals surface area contributed by atoms with Gasteiger partial charge in [0.1, 0.15) is 18.1 Å². The molecule has 0 radical (unpaired) electrons. The Balaban J connectivity index is 1.42. The molecule has 2 aromatic carbocycles. The molecule has 2 amide bonds. The number of nitrogens with zero attached hydrogens (tertiary/aromatic N) is 4. The van der Waals surface area contributed by atoms with Gasteiger partial charge in [-0.25, -0.2) is 0 Å². The van der Waals surface area contributed by atoms with E-state index in [-0.39, 0.29) is 11.6 Å². The van der Waals surface area contributed by atoms with Gasteiger partial charge < -0.3 is 15.4 Å². The lowest BCUT2D eigenvalue weighted by Crippen LogP contribution is -2.20. The van der Waals surface area contributed by atoms with Crippen molar-refractivity contribution in [3.8, 4) is 5.75 Å². The molecule has 0 bridgehead atoms. The van der Waals surface area contributed by atoms with Crippen LogP contribution in [0.15, 0.2) is 54.9 Å². The molecular weight excluding hydrogens is 468 g/mol. The molecule has 0 spiro atoms. The van der Waals surface area contributed by atoms with Crippen LogP contribution in [0, 0.1) is 13.8 Å². The molecule has 0 fully saturated rings. The second kappa shape index (κ2) is 10.0. The van der Waals surface area contributed by atoms with Gasteiger partial charge in [0, 0.05) is 19.7 Å². The SMILES string of the molecule is Cc1ccc(Cl)c(OCc2ccc(C(=O)Nc3cnn(C)c3C(=O)Nc3cnn(C)c3C)cc2)c1. The Hall–Kier alpha value is -4.11. The molecule has 9 nitrogen and oxygen atoms in total. The highest BCUT2D eigenvalue weighted by atomic mass is 35.5. The highest BCUT2D eigenvalue weighted by Gasteiger charge is 2.20. The van der Waals surface area contributed by atoms with E-state index in [4.69, 9.17) is 16.3 Å². The molecule has 0 atom stereocenters. The largest absolute Gasteiger partial charge is 0.487 e. The molecule has 10 heteroatoms. The van der Waals surface area contributed by atoms with Crippen LogP contribution in [0.5, 0.6) is 5.75 Å². The summed E-state index contributed by atoms with van der Waals surface area (Å²) in [6.45, 7) is 4.12. The maximum Gasteiger partial charge on any atom is 0.276 e. The molecular formula is C25H25ClN6O3. The fraction of sp³-hybridized carbons (Fsp3) is 0.200. The van der Waals surface area contributed by atoms with Crippen LogP contribution < -0.4 is 15.4 Å². The van der Waals surface area contributed by atoms with E-state index in [2.05, 4.69) is 20.8 Å². The van der Waals surface area contributed by atoms with Gasteiger partial charge in [0.05, 0.1) is 34.5 Å². The third-order valence-electron chi connectivity index (χ3n) is 5.58. The third kappa shape index (κ3) is 5.36. The van der Waals surface area contributed by atoms with Crippen LogP contribution in [0.2, 0.25) is 5.02 Å². The van der Waals surface area contributed by atoms with Gasteiger partial charge in [-0.15, -0.1) is 0 Å². The second-order valence-electron chi connectivity index (χ2n) is 8.13. The number of aryl methyl sites for hydroxylation is 3. The number of nitrogens with one attached hydrogen (secondary N) is 2. The Bertz CT molecular complexity index is 1390. The van der Waals surface area contributed by atoms with Crippen LogP contribution in [-0.4, -0.2) is 31.4 Å². The van der Waals surface area contributed by atoms with E-state index in [9.17, 15) is 9.59 Å². The lowest BCUT2D eigenvalue weighted by atomic mass is 10.1. The summed E-state index contributed by atoms with van der Waals surface area (Å²) in [7, 11) is 3.42. The molecule has 2 heterocycles. The summed E-state index contributed by atoms with van der Waals surface area (Å²) < 4.78 is 8.88. The standard InChI is InChI=1S/C25H25ClN6O3/c1-15-5-10-19(26)22(11-15)35-14-17-6-8-18(9-7-17)24(33)30-21-13-28-32(4)23(21)25(34)29-20-12-27-31(3)16(20)2/h5-13H,14H2,1-4H3,(H,29,34)(H,30,33). The molecule has 4 aromatic rings. The van der Waals surface area contributed by atoms with Crippen LogP contribution in [-0.2, 0) is 20.7 Å². The van der Waals surface area contributed by atoms with E-state index in [1.807, 2.05) is 26.0 Å². The summed E-state index contributed by atoms with van der Waals surface area (Å²) in [6.07, 6.45) is 3.01. The first-order chi connectivity index (χ1) is 16.7. The summed E-state index contributed by atoms with van der Waals surface area (Å²) >= 11 is 6.18. The number of benzene rings is 2. The minimum Gasteiger partial charge on any atom is -0.487 e. The van der Waals surface area contributed by atoms with Crippen molar-refractivity contribution < 1.29 is 14.3 Å². The van der Waals surface area contributed by atoms with Crippen molar-refractivity contribution in [3.05, 3.63) is 88.0 Å². The number of halogens is 1. The fourth-order valence-corrected chi connectivity index (χ4v) is 3.60. The van der Waals surface area contributed by atoms with Crippen LogP contribution >= 0.6 is 11.6 Å². The van der Waals surface area contributed by atoms with Crippen LogP contribution in [0.4, 0.5) is 11.4 Å². The van der Waals surface area contributed by atoms with Crippen LogP contribution in [0.1, 0.15) is 37.7 Å². The number of hydrogen-bond acceptors (Lipinski definition) is 5. The molecule has 0 unspecified atom stereocenters. The van der Waals surface area contributed by atoms with E-state index in [0.717, 1.165) is 16.8 Å². The lowest BCUT2D eigenvalue weighted by Gasteiger charge is -2.10. The molecule has 2 aromatic heterocycles. The maximum atomic E-state index is 12.9. The average Bonchev–Trinajstić information content (AvgIpc) is 3.36. The summed E-state index contributed by atoms with van der Waals surface area (Å²) in [5.41, 5.74) is 4.28. The number of ether oxygens (including phenoxy) is 1. The topological polar surface area (TPSA) is 103 Å². The molecule has 0 aliphatic rings. The molecule has 180 valence electrons. The van der Waals surface area contributed by atoms with Gasteiger partial charge in [-0.3, -0.25) is 19.0 Å². The Morgan fingerprint density at radius 1 is 0.914 bits per heavy atom. The second-order valence-corrected chi connectivity index (χ2v) is 8.53. The summed E-state index contributed by atoms with van der Waals surface area (Å²) in [4.78, 5) is 25.7. The van der Waals surface area contributed by atoms with E-state index in [1.54, 1.807) is 55.3 Å². The van der Waals surface area contributed by atoms with Gasteiger partial charge in [0.2, 0.25) is 0 Å². The predicted molar refractivity (Wildman–Crippen MR) is 134 cm³/mol.